The number of rotatable bonds is 0. The monoisotopic (exact) mass is 317 g/mol. The fraction of sp³-hybridized carbons (Fsp3) is 0. The van der Waals surface area contributed by atoms with Crippen molar-refractivity contribution in [2.45, 2.75) is 0 Å². The molecule has 0 aromatic carbocycles. The molecule has 0 heterocycles. The predicted molar refractivity (Wildman–Crippen MR) is 18.6 cm³/mol. The molecule has 0 aliphatic carbocycles. The van der Waals surface area contributed by atoms with E-state index < -0.39 is 0 Å². The van der Waals surface area contributed by atoms with Gasteiger partial charge >= 0.3 is 69.8 Å². The van der Waals surface area contributed by atoms with Crippen LogP contribution in [0.3, 0.4) is 0 Å². The topological polar surface area (TPSA) is 17.1 Å². The fourth-order valence-corrected chi connectivity index (χ4v) is 0. The maximum atomic E-state index is 8.36. The predicted octanol–water partition coefficient (Wildman–Crippen LogP) is -1.46. The molecule has 0 saturated heterocycles. The first-order valence-corrected chi connectivity index (χ1v) is 1.49. The normalized spacial score (nSPS) is 0.750. The van der Waals surface area contributed by atoms with Crippen LogP contribution in [0, 0.1) is 0 Å². The van der Waals surface area contributed by atoms with Gasteiger partial charge in [-0.2, -0.15) is 0 Å². The second-order valence-corrected chi connectivity index (χ2v) is 0. The molecule has 21 valence electrons. The summed E-state index contributed by atoms with van der Waals surface area (Å²) < 4.78 is 8.36. The summed E-state index contributed by atoms with van der Waals surface area (Å²) in [5.74, 6) is 0. The van der Waals surface area contributed by atoms with Crippen molar-refractivity contribution in [3.8, 4) is 0 Å². The van der Waals surface area contributed by atoms with Crippen LogP contribution in [0.4, 0.5) is 0 Å². The molecule has 0 rings (SSSR count). The van der Waals surface area contributed by atoms with Gasteiger partial charge in [-0.15, -0.1) is 0 Å². The molecule has 0 aliphatic rings. The Morgan fingerprint density at radius 3 is 1.50 bits per heavy atom. The SMILES string of the molecule is [AlH3].[H-].[H-].[O]=[Ta].[Sr+2]. The maximum absolute atomic E-state index is 8.36. The second kappa shape index (κ2) is 17.7. The van der Waals surface area contributed by atoms with Crippen molar-refractivity contribution in [3.05, 3.63) is 0 Å². The average molecular weight is 317 g/mol. The smallest absolute Gasteiger partial charge is 2.00 e. The number of hydrogen-bond acceptors (Lipinski definition) is 1. The van der Waals surface area contributed by atoms with Gasteiger partial charge in [-0.3, -0.25) is 0 Å². The van der Waals surface area contributed by atoms with E-state index >= 15 is 0 Å². The molecule has 0 aliphatic heterocycles. The minimum absolute atomic E-state index is 0. The van der Waals surface area contributed by atoms with Gasteiger partial charge in [0.25, 0.3) is 0 Å². The Labute approximate surface area is 88.1 Å². The van der Waals surface area contributed by atoms with E-state index in [0.29, 0.717) is 0 Å². The largest absolute Gasteiger partial charge is 2.00 e. The van der Waals surface area contributed by atoms with Crippen LogP contribution in [0.25, 0.3) is 0 Å². The zero-order chi connectivity index (χ0) is 2.00. The van der Waals surface area contributed by atoms with E-state index in [-0.39, 0.29) is 86.7 Å². The summed E-state index contributed by atoms with van der Waals surface area (Å²) in [4.78, 5) is 0. The third-order valence-corrected chi connectivity index (χ3v) is 0. The second-order valence-electron chi connectivity index (χ2n) is 0. The van der Waals surface area contributed by atoms with Crippen molar-refractivity contribution in [1.82, 2.24) is 0 Å². The van der Waals surface area contributed by atoms with E-state index in [2.05, 4.69) is 0 Å². The van der Waals surface area contributed by atoms with Crippen molar-refractivity contribution in [1.29, 1.82) is 0 Å². The fourth-order valence-electron chi connectivity index (χ4n) is 0. The summed E-state index contributed by atoms with van der Waals surface area (Å²) in [6.07, 6.45) is 0. The minimum atomic E-state index is 0. The quantitative estimate of drug-likeness (QED) is 0.499. The first kappa shape index (κ1) is 16.0. The summed E-state index contributed by atoms with van der Waals surface area (Å²) in [5.41, 5.74) is 0. The third kappa shape index (κ3) is 8.82. The Morgan fingerprint density at radius 2 is 1.50 bits per heavy atom. The maximum Gasteiger partial charge on any atom is 2.00 e. The van der Waals surface area contributed by atoms with Crippen molar-refractivity contribution in [3.63, 3.8) is 0 Å². The van der Waals surface area contributed by atoms with E-state index in [0.717, 1.165) is 0 Å². The first-order chi connectivity index (χ1) is 1.00. The van der Waals surface area contributed by atoms with Crippen molar-refractivity contribution in [2.75, 3.05) is 0 Å². The molecular formula is H5AlOSrTa. The van der Waals surface area contributed by atoms with Gasteiger partial charge in [0.2, 0.25) is 0 Å². The zero-order valence-corrected chi connectivity index (χ0v) is 8.25. The van der Waals surface area contributed by atoms with Crippen molar-refractivity contribution >= 4 is 62.8 Å². The third-order valence-electron chi connectivity index (χ3n) is 0. The van der Waals surface area contributed by atoms with Crippen molar-refractivity contribution in [2.24, 2.45) is 0 Å². The molecule has 0 amide bonds. The van der Waals surface area contributed by atoms with E-state index in [9.17, 15) is 0 Å². The first-order valence-electron chi connectivity index (χ1n) is 0.183. The summed E-state index contributed by atoms with van der Waals surface area (Å²) in [6, 6.07) is 0. The molecule has 1 nitrogen and oxygen atoms in total. The summed E-state index contributed by atoms with van der Waals surface area (Å²) in [5, 5.41) is 0. The van der Waals surface area contributed by atoms with E-state index in [1.165, 1.54) is 0 Å². The Morgan fingerprint density at radius 1 is 1.50 bits per heavy atom. The van der Waals surface area contributed by atoms with Crippen LogP contribution in [0.15, 0.2) is 0 Å². The molecule has 0 aromatic rings. The molecule has 4 heavy (non-hydrogen) atoms. The average Bonchev–Trinajstić information content (AvgIpc) is 1.00. The Bertz CT molecular complexity index is 13.5. The molecule has 0 bridgehead atoms. The Balaban J connectivity index is -0.000000000833. The molecule has 0 radical (unpaired) electrons. The van der Waals surface area contributed by atoms with Gasteiger partial charge in [0, 0.05) is 0 Å². The minimum Gasteiger partial charge on any atom is 2.00 e. The van der Waals surface area contributed by atoms with E-state index in [1.54, 1.807) is 0 Å². The molecule has 0 spiro atoms. The van der Waals surface area contributed by atoms with Crippen LogP contribution in [0.2, 0.25) is 0 Å². The van der Waals surface area contributed by atoms with Crippen LogP contribution in [-0.4, -0.2) is 62.8 Å². The van der Waals surface area contributed by atoms with E-state index in [4.69, 9.17) is 3.25 Å². The van der Waals surface area contributed by atoms with Crippen molar-refractivity contribution < 1.29 is 27.1 Å². The van der Waals surface area contributed by atoms with Gasteiger partial charge < -0.3 is 2.85 Å². The van der Waals surface area contributed by atoms with Gasteiger partial charge in [0.05, 0.1) is 0 Å². The molecule has 0 aromatic heterocycles. The van der Waals surface area contributed by atoms with Gasteiger partial charge in [-0.1, -0.05) is 0 Å². The summed E-state index contributed by atoms with van der Waals surface area (Å²) in [6.45, 7) is 0. The van der Waals surface area contributed by atoms with Crippen LogP contribution < -0.4 is 0 Å². The molecule has 0 saturated carbocycles. The molecule has 0 unspecified atom stereocenters. The number of hydrogen-bond donors (Lipinski definition) is 0. The van der Waals surface area contributed by atoms with Crippen LogP contribution in [0.1, 0.15) is 2.85 Å². The zero-order valence-electron chi connectivity index (χ0n) is 3.56. The van der Waals surface area contributed by atoms with Crippen LogP contribution in [-0.2, 0) is 24.3 Å². The van der Waals surface area contributed by atoms with Crippen LogP contribution >= 0.6 is 0 Å². The van der Waals surface area contributed by atoms with Gasteiger partial charge in [0.15, 0.2) is 17.4 Å². The Hall–Kier alpha value is 2.55. The standard InChI is InChI=1S/Al.O.Sr.Ta.5H/q;;+2;;;;;2*-1. The van der Waals surface area contributed by atoms with Gasteiger partial charge in [-0.05, 0) is 0 Å². The molecule has 0 atom stereocenters. The molecule has 0 fully saturated rings. The molecule has 4 heteroatoms. The molecule has 0 N–H and O–H groups in total. The van der Waals surface area contributed by atoms with Crippen LogP contribution in [0.5, 0.6) is 0 Å². The Kier molecular flexibility index (Phi) is 70.7. The molecular weight excluding hydrogens is 312 g/mol. The van der Waals surface area contributed by atoms with E-state index in [1.807, 2.05) is 0 Å². The summed E-state index contributed by atoms with van der Waals surface area (Å²) >= 11 is 0.194. The van der Waals surface area contributed by atoms with Gasteiger partial charge in [-0.25, -0.2) is 0 Å². The van der Waals surface area contributed by atoms with Gasteiger partial charge in [0.1, 0.15) is 0 Å². The summed E-state index contributed by atoms with van der Waals surface area (Å²) in [7, 11) is 0.